The number of ether oxygens (including phenoxy) is 1. The molecule has 2 bridgehead atoms. The van der Waals surface area contributed by atoms with Crippen LogP contribution in [0.3, 0.4) is 0 Å². The van der Waals surface area contributed by atoms with Crippen molar-refractivity contribution in [1.29, 1.82) is 0 Å². The van der Waals surface area contributed by atoms with Crippen molar-refractivity contribution in [3.8, 4) is 0 Å². The van der Waals surface area contributed by atoms with Gasteiger partial charge in [0.05, 0.1) is 23.5 Å². The Hall–Kier alpha value is -3.83. The molecule has 3 aliphatic heterocycles. The molecular formula is C29H34N6O5. The molecule has 6 rings (SSSR count). The molecule has 210 valence electrons. The Kier molecular flexibility index (Phi) is 7.24. The Bertz CT molecular complexity index is 1400. The number of likely N-dealkylation sites (tertiary alicyclic amines) is 1. The SMILES string of the molecule is O=C(NCn1nnc2ccccc21)C1N(CCCCCO)C(=O)[C@@H]2[C@@H](C(=O)NCc3ccccc3)[C@H]3CCC12O3. The van der Waals surface area contributed by atoms with Crippen molar-refractivity contribution in [2.24, 2.45) is 11.8 Å². The van der Waals surface area contributed by atoms with E-state index in [1.54, 1.807) is 9.58 Å². The Morgan fingerprint density at radius 1 is 1.02 bits per heavy atom. The highest BCUT2D eigenvalue weighted by atomic mass is 16.5. The van der Waals surface area contributed by atoms with E-state index >= 15 is 0 Å². The number of para-hydroxylation sites is 1. The third-order valence-corrected chi connectivity index (χ3v) is 8.54. The highest BCUT2D eigenvalue weighted by Crippen LogP contribution is 2.58. The summed E-state index contributed by atoms with van der Waals surface area (Å²) < 4.78 is 8.09. The minimum atomic E-state index is -1.05. The molecule has 1 aromatic heterocycles. The molecule has 3 aromatic rings. The van der Waals surface area contributed by atoms with Crippen LogP contribution in [0, 0.1) is 11.8 Å². The first-order valence-electron chi connectivity index (χ1n) is 14.0. The molecule has 5 atom stereocenters. The maximum absolute atomic E-state index is 14.0. The lowest BCUT2D eigenvalue weighted by atomic mass is 9.70. The molecule has 0 saturated carbocycles. The zero-order valence-electron chi connectivity index (χ0n) is 22.2. The van der Waals surface area contributed by atoms with Gasteiger partial charge in [-0.25, -0.2) is 4.68 Å². The van der Waals surface area contributed by atoms with Crippen molar-refractivity contribution in [2.75, 3.05) is 13.2 Å². The molecule has 2 aromatic carbocycles. The lowest BCUT2D eigenvalue weighted by molar-refractivity contribution is -0.142. The van der Waals surface area contributed by atoms with E-state index in [-0.39, 0.29) is 31.0 Å². The van der Waals surface area contributed by atoms with Crippen molar-refractivity contribution in [1.82, 2.24) is 30.5 Å². The number of benzene rings is 2. The minimum Gasteiger partial charge on any atom is -0.396 e. The summed E-state index contributed by atoms with van der Waals surface area (Å²) in [7, 11) is 0. The van der Waals surface area contributed by atoms with Gasteiger partial charge in [-0.15, -0.1) is 5.10 Å². The van der Waals surface area contributed by atoms with E-state index in [0.29, 0.717) is 38.8 Å². The summed E-state index contributed by atoms with van der Waals surface area (Å²) in [5.41, 5.74) is 1.42. The largest absolute Gasteiger partial charge is 0.396 e. The molecule has 2 unspecified atom stereocenters. The average Bonchev–Trinajstić information content (AvgIpc) is 3.73. The zero-order chi connectivity index (χ0) is 27.7. The van der Waals surface area contributed by atoms with Gasteiger partial charge in [0.25, 0.3) is 0 Å². The summed E-state index contributed by atoms with van der Waals surface area (Å²) in [4.78, 5) is 42.9. The van der Waals surface area contributed by atoms with E-state index in [0.717, 1.165) is 23.0 Å². The number of hydrogen-bond donors (Lipinski definition) is 3. The lowest BCUT2D eigenvalue weighted by Gasteiger charge is -2.33. The fourth-order valence-corrected chi connectivity index (χ4v) is 6.75. The third kappa shape index (κ3) is 4.52. The van der Waals surface area contributed by atoms with Gasteiger partial charge in [0, 0.05) is 19.7 Å². The highest BCUT2D eigenvalue weighted by molar-refractivity contribution is 5.98. The van der Waals surface area contributed by atoms with Crippen LogP contribution >= 0.6 is 0 Å². The van der Waals surface area contributed by atoms with Crippen LogP contribution in [0.5, 0.6) is 0 Å². The van der Waals surface area contributed by atoms with Crippen LogP contribution in [0.2, 0.25) is 0 Å². The number of fused-ring (bicyclic) bond motifs is 2. The molecule has 3 amide bonds. The van der Waals surface area contributed by atoms with Crippen molar-refractivity contribution < 1.29 is 24.2 Å². The van der Waals surface area contributed by atoms with Crippen molar-refractivity contribution in [3.05, 3.63) is 60.2 Å². The van der Waals surface area contributed by atoms with E-state index in [2.05, 4.69) is 20.9 Å². The van der Waals surface area contributed by atoms with Gasteiger partial charge in [-0.1, -0.05) is 47.7 Å². The predicted molar refractivity (Wildman–Crippen MR) is 144 cm³/mol. The van der Waals surface area contributed by atoms with Crippen molar-refractivity contribution in [2.45, 2.75) is 63.1 Å². The molecule has 11 nitrogen and oxygen atoms in total. The standard InChI is InChI=1S/C29H34N6O5/c36-16-8-2-7-15-34-25(27(38)31-18-35-21-12-6-5-11-20(21)32-33-35)29-14-13-22(40-29)23(24(29)28(34)39)26(37)30-17-19-9-3-1-4-10-19/h1,3-6,9-12,22-25,36H,2,7-8,13-18H2,(H,30,37)(H,31,38)/t22-,23+,24+,25?,29?/m1/s1. The molecule has 3 saturated heterocycles. The molecule has 11 heteroatoms. The molecule has 4 heterocycles. The smallest absolute Gasteiger partial charge is 0.247 e. The normalized spacial score (nSPS) is 26.8. The van der Waals surface area contributed by atoms with E-state index in [9.17, 15) is 19.5 Å². The number of nitrogens with zero attached hydrogens (tertiary/aromatic N) is 4. The summed E-state index contributed by atoms with van der Waals surface area (Å²) in [5.74, 6) is -2.13. The Labute approximate surface area is 231 Å². The number of aromatic nitrogens is 3. The number of aliphatic hydroxyl groups is 1. The second-order valence-electron chi connectivity index (χ2n) is 10.9. The van der Waals surface area contributed by atoms with E-state index in [1.165, 1.54) is 0 Å². The monoisotopic (exact) mass is 546 g/mol. The maximum atomic E-state index is 14.0. The second kappa shape index (κ2) is 11.0. The van der Waals surface area contributed by atoms with Crippen LogP contribution in [0.1, 0.15) is 37.7 Å². The summed E-state index contributed by atoms with van der Waals surface area (Å²) >= 11 is 0. The molecule has 3 aliphatic rings. The highest BCUT2D eigenvalue weighted by Gasteiger charge is 2.74. The third-order valence-electron chi connectivity index (χ3n) is 8.54. The molecule has 0 aliphatic carbocycles. The molecule has 3 N–H and O–H groups in total. The summed E-state index contributed by atoms with van der Waals surface area (Å²) in [6.45, 7) is 0.879. The molecular weight excluding hydrogens is 512 g/mol. The van der Waals surface area contributed by atoms with Gasteiger partial charge in [-0.05, 0) is 49.8 Å². The van der Waals surface area contributed by atoms with Gasteiger partial charge < -0.3 is 25.4 Å². The number of amides is 3. The van der Waals surface area contributed by atoms with Crippen LogP contribution in [0.25, 0.3) is 11.0 Å². The number of rotatable bonds is 11. The van der Waals surface area contributed by atoms with Gasteiger partial charge >= 0.3 is 0 Å². The van der Waals surface area contributed by atoms with Gasteiger partial charge in [0.15, 0.2) is 0 Å². The zero-order valence-corrected chi connectivity index (χ0v) is 22.2. The summed E-state index contributed by atoms with van der Waals surface area (Å²) in [6.07, 6.45) is 2.73. The Morgan fingerprint density at radius 2 is 1.82 bits per heavy atom. The molecule has 0 radical (unpaired) electrons. The van der Waals surface area contributed by atoms with Crippen LogP contribution in [0.15, 0.2) is 54.6 Å². The molecule has 3 fully saturated rings. The van der Waals surface area contributed by atoms with Crippen molar-refractivity contribution in [3.63, 3.8) is 0 Å². The number of carbonyl (C=O) groups is 3. The Morgan fingerprint density at radius 3 is 2.65 bits per heavy atom. The lowest BCUT2D eigenvalue weighted by Crippen LogP contribution is -2.55. The fraction of sp³-hybridized carbons (Fsp3) is 0.483. The number of aliphatic hydroxyl groups excluding tert-OH is 1. The first-order chi connectivity index (χ1) is 19.5. The summed E-state index contributed by atoms with van der Waals surface area (Å²) in [5, 5.41) is 23.5. The Balaban J connectivity index is 1.23. The molecule has 40 heavy (non-hydrogen) atoms. The predicted octanol–water partition coefficient (Wildman–Crippen LogP) is 1.36. The first-order valence-corrected chi connectivity index (χ1v) is 14.0. The number of nitrogens with one attached hydrogen (secondary N) is 2. The van der Waals surface area contributed by atoms with Crippen LogP contribution in [0.4, 0.5) is 0 Å². The van der Waals surface area contributed by atoms with Gasteiger partial charge in [0.1, 0.15) is 23.8 Å². The molecule has 1 spiro atoms. The van der Waals surface area contributed by atoms with Gasteiger partial charge in [-0.2, -0.15) is 0 Å². The quantitative estimate of drug-likeness (QED) is 0.309. The van der Waals surface area contributed by atoms with E-state index in [4.69, 9.17) is 4.74 Å². The minimum absolute atomic E-state index is 0.0741. The number of carbonyl (C=O) groups excluding carboxylic acids is 3. The number of hydrogen-bond acceptors (Lipinski definition) is 7. The van der Waals surface area contributed by atoms with Gasteiger partial charge in [0.2, 0.25) is 17.7 Å². The fourth-order valence-electron chi connectivity index (χ4n) is 6.75. The van der Waals surface area contributed by atoms with E-state index in [1.807, 2.05) is 54.6 Å². The van der Waals surface area contributed by atoms with Crippen molar-refractivity contribution >= 4 is 28.8 Å². The number of unbranched alkanes of at least 4 members (excludes halogenated alkanes) is 2. The van der Waals surface area contributed by atoms with Crippen LogP contribution in [-0.2, 0) is 32.3 Å². The average molecular weight is 547 g/mol. The topological polar surface area (TPSA) is 139 Å². The van der Waals surface area contributed by atoms with Crippen LogP contribution < -0.4 is 10.6 Å². The van der Waals surface area contributed by atoms with E-state index < -0.39 is 29.6 Å². The summed E-state index contributed by atoms with van der Waals surface area (Å²) in [6, 6.07) is 16.2. The van der Waals surface area contributed by atoms with Crippen LogP contribution in [-0.4, -0.2) is 73.6 Å². The second-order valence-corrected chi connectivity index (χ2v) is 10.9. The maximum Gasteiger partial charge on any atom is 0.247 e. The van der Waals surface area contributed by atoms with Gasteiger partial charge in [-0.3, -0.25) is 14.4 Å². The first kappa shape index (κ1) is 26.4.